The maximum atomic E-state index is 13.2. The van der Waals surface area contributed by atoms with Crippen LogP contribution in [0.15, 0.2) is 95.5 Å². The van der Waals surface area contributed by atoms with E-state index in [4.69, 9.17) is 34.7 Å². The number of nitrogens with two attached hydrogens (primary N) is 2. The number of amides is 2. The molecule has 0 radical (unpaired) electrons. The topological polar surface area (TPSA) is 179 Å². The van der Waals surface area contributed by atoms with Gasteiger partial charge >= 0.3 is 6.18 Å². The van der Waals surface area contributed by atoms with Crippen molar-refractivity contribution in [3.8, 4) is 0 Å². The van der Waals surface area contributed by atoms with Crippen molar-refractivity contribution in [3.63, 3.8) is 0 Å². The summed E-state index contributed by atoms with van der Waals surface area (Å²) in [5.74, 6) is 1.56. The maximum absolute atomic E-state index is 13.2. The number of aromatic nitrogens is 2. The third-order valence-corrected chi connectivity index (χ3v) is 14.0. The number of alkyl halides is 3. The maximum Gasteiger partial charge on any atom is 0.425 e. The molecule has 2 aromatic heterocycles. The van der Waals surface area contributed by atoms with E-state index in [1.54, 1.807) is 48.8 Å². The van der Waals surface area contributed by atoms with Crippen LogP contribution in [0.4, 0.5) is 24.8 Å². The van der Waals surface area contributed by atoms with Gasteiger partial charge in [0.25, 0.3) is 0 Å². The van der Waals surface area contributed by atoms with Crippen LogP contribution in [0.2, 0.25) is 10.0 Å². The standard InChI is InChI=1S/C26H31ClF3N5O2.C24H30ClN5O2.2CH4/c27-22-3-1-19(2-4-22)24(33-37-17-26(28,29)30)20-8-13-35(14-9-20)25(36)21-6-11-34(12-7-21)16-18-5-10-32-23(31)15-18;25-21-3-1-18(2-4-21)23(28-32)19-8-13-30(14-9-19)24(31)20-6-11-29(12-7-20)16-17-5-10-27-22(26)15-17;;/h1-5,10,15,20-21H,6-9,11-14,16-17H2,(H2,31,32);1-5,10,15,19-20,32H,6-9,11-14,16H2,(H2,26,27);2*1H4. The predicted molar refractivity (Wildman–Crippen MR) is 275 cm³/mol. The number of carbonyl (C=O) groups is 2. The second-order valence-corrected chi connectivity index (χ2v) is 19.2. The van der Waals surface area contributed by atoms with Crippen LogP contribution in [-0.4, -0.2) is 123 Å². The summed E-state index contributed by atoms with van der Waals surface area (Å²) in [7, 11) is 0. The van der Waals surface area contributed by atoms with Gasteiger partial charge in [0.05, 0.1) is 11.4 Å². The van der Waals surface area contributed by atoms with Gasteiger partial charge in [-0.1, -0.05) is 72.6 Å². The van der Waals surface area contributed by atoms with Crippen molar-refractivity contribution in [1.82, 2.24) is 29.6 Å². The first-order valence-corrected chi connectivity index (χ1v) is 24.4. The van der Waals surface area contributed by atoms with Gasteiger partial charge in [-0.25, -0.2) is 9.97 Å². The van der Waals surface area contributed by atoms with Crippen LogP contribution < -0.4 is 11.5 Å². The Morgan fingerprint density at radius 2 is 0.972 bits per heavy atom. The number of anilines is 2. The molecule has 14 nitrogen and oxygen atoms in total. The van der Waals surface area contributed by atoms with Gasteiger partial charge < -0.3 is 31.3 Å². The molecule has 386 valence electrons. The van der Waals surface area contributed by atoms with Crippen LogP contribution in [0.1, 0.15) is 88.5 Å². The summed E-state index contributed by atoms with van der Waals surface area (Å²) in [6, 6.07) is 21.9. The number of likely N-dealkylation sites (tertiary alicyclic amines) is 4. The lowest BCUT2D eigenvalue weighted by atomic mass is 9.87. The Bertz CT molecular complexity index is 2360. The van der Waals surface area contributed by atoms with Gasteiger partial charge in [0.1, 0.15) is 11.6 Å². The van der Waals surface area contributed by atoms with Crippen LogP contribution >= 0.6 is 23.2 Å². The number of hydrogen-bond donors (Lipinski definition) is 3. The average molecular weight is 1030 g/mol. The zero-order valence-corrected chi connectivity index (χ0v) is 40.1. The van der Waals surface area contributed by atoms with E-state index in [1.165, 1.54) is 0 Å². The van der Waals surface area contributed by atoms with Gasteiger partial charge in [0.2, 0.25) is 18.4 Å². The molecule has 4 saturated heterocycles. The summed E-state index contributed by atoms with van der Waals surface area (Å²) in [4.78, 5) is 47.6. The first-order chi connectivity index (χ1) is 33.2. The minimum atomic E-state index is -4.47. The van der Waals surface area contributed by atoms with Gasteiger partial charge in [-0.15, -0.1) is 0 Å². The highest BCUT2D eigenvalue weighted by molar-refractivity contribution is 6.31. The van der Waals surface area contributed by atoms with Crippen molar-refractivity contribution >= 4 is 58.1 Å². The zero-order chi connectivity index (χ0) is 48.9. The molecule has 0 saturated carbocycles. The molecular weight excluding hydrogens is 957 g/mol. The fourth-order valence-electron chi connectivity index (χ4n) is 9.80. The average Bonchev–Trinajstić information content (AvgIpc) is 3.34. The number of nitrogen functional groups attached to an aromatic ring is 2. The Morgan fingerprint density at radius 3 is 1.34 bits per heavy atom. The Hall–Kier alpha value is -5.49. The summed E-state index contributed by atoms with van der Waals surface area (Å²) < 4.78 is 37.8. The highest BCUT2D eigenvalue weighted by Gasteiger charge is 2.35. The third-order valence-electron chi connectivity index (χ3n) is 13.5. The number of carbonyl (C=O) groups excluding carboxylic acids is 2. The SMILES string of the molecule is C.C.Nc1cc(CN2CCC(C(=O)N3CCC(C(=NO)c4ccc(Cl)cc4)CC3)CC2)ccn1.Nc1cc(CN2CCC(C(=O)N3CCC(C(=NOCC(F)(F)F)c4ccc(Cl)cc4)CC3)CC2)ccn1. The molecular formula is C52H69Cl2F3N10O4. The molecule has 71 heavy (non-hydrogen) atoms. The molecule has 0 spiro atoms. The molecule has 2 aromatic carbocycles. The van der Waals surface area contributed by atoms with E-state index in [2.05, 4.69) is 34.9 Å². The largest absolute Gasteiger partial charge is 0.425 e. The lowest BCUT2D eigenvalue weighted by Crippen LogP contribution is -2.46. The van der Waals surface area contributed by atoms with Gasteiger partial charge in [-0.3, -0.25) is 19.4 Å². The molecule has 4 aromatic rings. The lowest BCUT2D eigenvalue weighted by molar-refractivity contribution is -0.173. The molecule has 4 fully saturated rings. The number of piperidine rings is 4. The third kappa shape index (κ3) is 16.5. The van der Waals surface area contributed by atoms with Crippen molar-refractivity contribution in [2.24, 2.45) is 34.0 Å². The number of pyridine rings is 2. The fourth-order valence-corrected chi connectivity index (χ4v) is 10.0. The summed E-state index contributed by atoms with van der Waals surface area (Å²) in [5.41, 5.74) is 16.5. The smallest absolute Gasteiger partial charge is 0.411 e. The Kier molecular flexibility index (Phi) is 21.3. The molecule has 2 amide bonds. The summed E-state index contributed by atoms with van der Waals surface area (Å²) in [5, 5.41) is 18.2. The van der Waals surface area contributed by atoms with E-state index in [0.29, 0.717) is 77.7 Å². The molecule has 4 aliphatic heterocycles. The van der Waals surface area contributed by atoms with Crippen molar-refractivity contribution in [3.05, 3.63) is 117 Å². The monoisotopic (exact) mass is 1020 g/mol. The number of hydrogen-bond acceptors (Lipinski definition) is 12. The van der Waals surface area contributed by atoms with E-state index in [1.807, 2.05) is 46.2 Å². The lowest BCUT2D eigenvalue weighted by Gasteiger charge is -2.37. The molecule has 0 atom stereocenters. The highest BCUT2D eigenvalue weighted by Crippen LogP contribution is 2.30. The van der Waals surface area contributed by atoms with Gasteiger partial charge in [0, 0.05) is 85.4 Å². The Balaban J connectivity index is 0.000000259. The fraction of sp³-hybridized carbons (Fsp3) is 0.500. The number of benzene rings is 2. The van der Waals surface area contributed by atoms with E-state index >= 15 is 0 Å². The molecule has 8 rings (SSSR count). The first kappa shape index (κ1) is 56.4. The Morgan fingerprint density at radius 1 is 0.606 bits per heavy atom. The summed E-state index contributed by atoms with van der Waals surface area (Å²) in [6.07, 6.45) is 5.14. The van der Waals surface area contributed by atoms with Crippen LogP contribution in [0.5, 0.6) is 0 Å². The number of oxime groups is 2. The van der Waals surface area contributed by atoms with E-state index < -0.39 is 12.8 Å². The Labute approximate surface area is 426 Å². The van der Waals surface area contributed by atoms with Crippen LogP contribution in [0, 0.1) is 23.7 Å². The molecule has 0 unspecified atom stereocenters. The van der Waals surface area contributed by atoms with Gasteiger partial charge in [-0.05, 0) is 148 Å². The van der Waals surface area contributed by atoms with E-state index in [-0.39, 0.29) is 50.3 Å². The number of nitrogens with zero attached hydrogens (tertiary/aromatic N) is 8. The minimum Gasteiger partial charge on any atom is -0.411 e. The van der Waals surface area contributed by atoms with Crippen molar-refractivity contribution in [2.75, 3.05) is 70.4 Å². The van der Waals surface area contributed by atoms with Crippen molar-refractivity contribution < 1.29 is 32.8 Å². The number of rotatable bonds is 12. The molecule has 4 aliphatic rings. The second-order valence-electron chi connectivity index (χ2n) is 18.3. The molecule has 5 N–H and O–H groups in total. The van der Waals surface area contributed by atoms with Crippen LogP contribution in [0.25, 0.3) is 0 Å². The van der Waals surface area contributed by atoms with E-state index in [9.17, 15) is 28.0 Å². The summed E-state index contributed by atoms with van der Waals surface area (Å²) in [6.45, 7) is 6.12. The minimum absolute atomic E-state index is 0. The highest BCUT2D eigenvalue weighted by atomic mass is 35.5. The van der Waals surface area contributed by atoms with Crippen LogP contribution in [-0.2, 0) is 27.5 Å². The normalized spacial score (nSPS) is 18.4. The molecule has 0 bridgehead atoms. The van der Waals surface area contributed by atoms with Crippen LogP contribution in [0.3, 0.4) is 0 Å². The second kappa shape index (κ2) is 26.8. The summed E-state index contributed by atoms with van der Waals surface area (Å²) >= 11 is 11.9. The van der Waals surface area contributed by atoms with Crippen molar-refractivity contribution in [2.45, 2.75) is 85.5 Å². The van der Waals surface area contributed by atoms with Crippen molar-refractivity contribution in [1.29, 1.82) is 0 Å². The molecule has 6 heterocycles. The van der Waals surface area contributed by atoms with Gasteiger partial charge in [0.15, 0.2) is 0 Å². The molecule has 19 heteroatoms. The quantitative estimate of drug-likeness (QED) is 0.0703. The number of halogens is 5. The molecule has 0 aliphatic carbocycles. The first-order valence-electron chi connectivity index (χ1n) is 23.6. The predicted octanol–water partition coefficient (Wildman–Crippen LogP) is 9.67. The zero-order valence-electron chi connectivity index (χ0n) is 38.6. The van der Waals surface area contributed by atoms with E-state index in [0.717, 1.165) is 94.5 Å². The van der Waals surface area contributed by atoms with Gasteiger partial charge in [-0.2, -0.15) is 13.2 Å².